The zero-order chi connectivity index (χ0) is 21.3. The topological polar surface area (TPSA) is 49.9 Å². The van der Waals surface area contributed by atoms with Crippen molar-refractivity contribution in [3.63, 3.8) is 0 Å². The molecule has 0 bridgehead atoms. The van der Waals surface area contributed by atoms with Gasteiger partial charge >= 0.3 is 0 Å². The van der Waals surface area contributed by atoms with Gasteiger partial charge in [0.1, 0.15) is 18.3 Å². The molecule has 0 saturated carbocycles. The fourth-order valence-electron chi connectivity index (χ4n) is 3.88. The van der Waals surface area contributed by atoms with Crippen molar-refractivity contribution in [1.82, 2.24) is 0 Å². The number of hydrogen-bond acceptors (Lipinski definition) is 3. The molecule has 3 aromatic carbocycles. The lowest BCUT2D eigenvalue weighted by molar-refractivity contribution is -0.128. The molecule has 2 amide bonds. The van der Waals surface area contributed by atoms with E-state index < -0.39 is 6.04 Å². The van der Waals surface area contributed by atoms with Gasteiger partial charge in [0.05, 0.1) is 7.11 Å². The molecule has 1 saturated heterocycles. The van der Waals surface area contributed by atoms with Gasteiger partial charge in [-0.05, 0) is 60.9 Å². The van der Waals surface area contributed by atoms with E-state index in [0.29, 0.717) is 11.4 Å². The molecule has 1 fully saturated rings. The second-order valence-electron chi connectivity index (χ2n) is 7.42. The molecule has 3 aromatic rings. The Kier molecular flexibility index (Phi) is 5.27. The van der Waals surface area contributed by atoms with E-state index in [2.05, 4.69) is 0 Å². The summed E-state index contributed by atoms with van der Waals surface area (Å²) >= 11 is 0. The van der Waals surface area contributed by atoms with Gasteiger partial charge in [-0.15, -0.1) is 0 Å². The van der Waals surface area contributed by atoms with Gasteiger partial charge in [-0.3, -0.25) is 14.5 Å². The highest BCUT2D eigenvalue weighted by Gasteiger charge is 2.42. The summed E-state index contributed by atoms with van der Waals surface area (Å²) in [6.07, 6.45) is 0. The highest BCUT2D eigenvalue weighted by molar-refractivity contribution is 6.14. The summed E-state index contributed by atoms with van der Waals surface area (Å²) in [4.78, 5) is 30.3. The van der Waals surface area contributed by atoms with Crippen molar-refractivity contribution in [2.24, 2.45) is 0 Å². The minimum atomic E-state index is -0.750. The number of carbonyl (C=O) groups is 2. The number of anilines is 2. The molecule has 1 atom stereocenters. The summed E-state index contributed by atoms with van der Waals surface area (Å²) in [5, 5.41) is 0. The predicted molar refractivity (Wildman–Crippen MR) is 118 cm³/mol. The maximum Gasteiger partial charge on any atom is 0.255 e. The Morgan fingerprint density at radius 3 is 2.23 bits per heavy atom. The van der Waals surface area contributed by atoms with Crippen molar-refractivity contribution in [2.75, 3.05) is 23.5 Å². The average Bonchev–Trinajstić information content (AvgIpc) is 2.77. The standard InChI is InChI=1S/C25H24N2O3/c1-17-8-7-11-22(18(17)2)26-16-23(28)27(20-9-5-4-6-10-20)24(25(26)29)19-12-14-21(30-3)15-13-19/h4-15,24H,16H2,1-3H3/t24-/m1/s1. The molecule has 1 aliphatic heterocycles. The van der Waals surface area contributed by atoms with Crippen LogP contribution in [0, 0.1) is 13.8 Å². The number of amides is 2. The molecule has 4 rings (SSSR count). The first-order chi connectivity index (χ1) is 14.5. The second-order valence-corrected chi connectivity index (χ2v) is 7.42. The van der Waals surface area contributed by atoms with E-state index in [1.807, 2.05) is 86.6 Å². The number of para-hydroxylation sites is 1. The zero-order valence-corrected chi connectivity index (χ0v) is 17.3. The first-order valence-electron chi connectivity index (χ1n) is 9.90. The lowest BCUT2D eigenvalue weighted by atomic mass is 9.98. The zero-order valence-electron chi connectivity index (χ0n) is 17.3. The fraction of sp³-hybridized carbons (Fsp3) is 0.200. The number of ether oxygens (including phenoxy) is 1. The minimum Gasteiger partial charge on any atom is -0.497 e. The number of rotatable bonds is 4. The number of nitrogens with zero attached hydrogens (tertiary/aromatic N) is 2. The molecule has 0 unspecified atom stereocenters. The van der Waals surface area contributed by atoms with Crippen LogP contribution >= 0.6 is 0 Å². The molecular weight excluding hydrogens is 376 g/mol. The number of hydrogen-bond donors (Lipinski definition) is 0. The smallest absolute Gasteiger partial charge is 0.255 e. The van der Waals surface area contributed by atoms with Crippen LogP contribution in [0.25, 0.3) is 0 Å². The number of benzene rings is 3. The van der Waals surface area contributed by atoms with E-state index in [1.165, 1.54) is 0 Å². The van der Waals surface area contributed by atoms with E-state index in [-0.39, 0.29) is 18.4 Å². The van der Waals surface area contributed by atoms with Gasteiger partial charge in [-0.25, -0.2) is 0 Å². The Morgan fingerprint density at radius 2 is 1.57 bits per heavy atom. The Balaban J connectivity index is 1.83. The van der Waals surface area contributed by atoms with E-state index >= 15 is 0 Å². The normalized spacial score (nSPS) is 16.7. The molecule has 30 heavy (non-hydrogen) atoms. The first-order valence-corrected chi connectivity index (χ1v) is 9.90. The van der Waals surface area contributed by atoms with E-state index in [4.69, 9.17) is 4.74 Å². The van der Waals surface area contributed by atoms with Crippen molar-refractivity contribution in [3.8, 4) is 5.75 Å². The largest absolute Gasteiger partial charge is 0.497 e. The van der Waals surface area contributed by atoms with Crippen molar-refractivity contribution in [3.05, 3.63) is 89.5 Å². The Labute approximate surface area is 176 Å². The SMILES string of the molecule is COc1ccc([C@@H]2C(=O)N(c3cccc(C)c3C)CC(=O)N2c2ccccc2)cc1. The summed E-state index contributed by atoms with van der Waals surface area (Å²) in [5.74, 6) is 0.450. The van der Waals surface area contributed by atoms with E-state index in [9.17, 15) is 9.59 Å². The summed E-state index contributed by atoms with van der Waals surface area (Å²) in [6.45, 7) is 3.99. The number of piperazine rings is 1. The second kappa shape index (κ2) is 8.03. The van der Waals surface area contributed by atoms with Gasteiger partial charge in [0.15, 0.2) is 0 Å². The van der Waals surface area contributed by atoms with Crippen molar-refractivity contribution < 1.29 is 14.3 Å². The van der Waals surface area contributed by atoms with Crippen LogP contribution in [-0.4, -0.2) is 25.5 Å². The number of methoxy groups -OCH3 is 1. The molecule has 0 radical (unpaired) electrons. The van der Waals surface area contributed by atoms with Gasteiger partial charge in [-0.2, -0.15) is 0 Å². The minimum absolute atomic E-state index is 0.00464. The summed E-state index contributed by atoms with van der Waals surface area (Å²) < 4.78 is 5.26. The quantitative estimate of drug-likeness (QED) is 0.651. The molecule has 1 aliphatic rings. The molecule has 5 heteroatoms. The van der Waals surface area contributed by atoms with Gasteiger partial charge in [0, 0.05) is 11.4 Å². The van der Waals surface area contributed by atoms with Crippen LogP contribution in [0.3, 0.4) is 0 Å². The average molecular weight is 400 g/mol. The molecule has 152 valence electrons. The molecule has 1 heterocycles. The third kappa shape index (κ3) is 3.43. The molecule has 0 spiro atoms. The van der Waals surface area contributed by atoms with Crippen molar-refractivity contribution in [1.29, 1.82) is 0 Å². The molecule has 0 N–H and O–H groups in total. The van der Waals surface area contributed by atoms with Gasteiger partial charge in [-0.1, -0.05) is 42.5 Å². The van der Waals surface area contributed by atoms with E-state index in [0.717, 1.165) is 22.4 Å². The monoisotopic (exact) mass is 400 g/mol. The summed E-state index contributed by atoms with van der Waals surface area (Å²) in [5.41, 5.74) is 4.31. The summed E-state index contributed by atoms with van der Waals surface area (Å²) in [6, 6.07) is 21.7. The predicted octanol–water partition coefficient (Wildman–Crippen LogP) is 4.43. The summed E-state index contributed by atoms with van der Waals surface area (Å²) in [7, 11) is 1.60. The molecular formula is C25H24N2O3. The molecule has 0 aliphatic carbocycles. The first kappa shape index (κ1) is 19.7. The van der Waals surface area contributed by atoms with E-state index in [1.54, 1.807) is 16.9 Å². The number of carbonyl (C=O) groups excluding carboxylic acids is 2. The lowest BCUT2D eigenvalue weighted by Crippen LogP contribution is -2.56. The fourth-order valence-corrected chi connectivity index (χ4v) is 3.88. The molecule has 5 nitrogen and oxygen atoms in total. The Morgan fingerprint density at radius 1 is 0.867 bits per heavy atom. The molecule has 0 aromatic heterocycles. The van der Waals surface area contributed by atoms with Gasteiger partial charge in [0.2, 0.25) is 5.91 Å². The highest BCUT2D eigenvalue weighted by Crippen LogP contribution is 2.36. The maximum atomic E-state index is 13.8. The van der Waals surface area contributed by atoms with Crippen LogP contribution in [0.4, 0.5) is 11.4 Å². The van der Waals surface area contributed by atoms with Gasteiger partial charge < -0.3 is 9.64 Å². The third-order valence-electron chi connectivity index (χ3n) is 5.65. The van der Waals surface area contributed by atoms with Crippen LogP contribution in [0.5, 0.6) is 5.75 Å². The van der Waals surface area contributed by atoms with Crippen LogP contribution in [0.1, 0.15) is 22.7 Å². The number of aryl methyl sites for hydroxylation is 1. The third-order valence-corrected chi connectivity index (χ3v) is 5.65. The van der Waals surface area contributed by atoms with Crippen molar-refractivity contribution >= 4 is 23.2 Å². The Bertz CT molecular complexity index is 1080. The van der Waals surface area contributed by atoms with Crippen LogP contribution in [0.15, 0.2) is 72.8 Å². The van der Waals surface area contributed by atoms with Crippen LogP contribution in [-0.2, 0) is 9.59 Å². The van der Waals surface area contributed by atoms with Crippen molar-refractivity contribution in [2.45, 2.75) is 19.9 Å². The lowest BCUT2D eigenvalue weighted by Gasteiger charge is -2.41. The maximum absolute atomic E-state index is 13.8. The Hall–Kier alpha value is -3.60. The highest BCUT2D eigenvalue weighted by atomic mass is 16.5. The van der Waals surface area contributed by atoms with Gasteiger partial charge in [0.25, 0.3) is 5.91 Å². The van der Waals surface area contributed by atoms with Crippen LogP contribution < -0.4 is 14.5 Å². The van der Waals surface area contributed by atoms with Crippen LogP contribution in [0.2, 0.25) is 0 Å².